The van der Waals surface area contributed by atoms with Crippen LogP contribution in [0.3, 0.4) is 0 Å². The Morgan fingerprint density at radius 2 is 1.82 bits per heavy atom. The standard InChI is InChI=1S/C18H24O4/c1-2-20-12-22-14-9-7-13(8-10-14)11-21-18(19)17-15-5-3-4-6-16(15)17/h7-10,15-17H,2-6,11-12H2,1H3. The van der Waals surface area contributed by atoms with Crippen LogP contribution in [0.4, 0.5) is 0 Å². The average Bonchev–Trinajstić information content (AvgIpc) is 3.28. The van der Waals surface area contributed by atoms with Crippen molar-refractivity contribution in [2.24, 2.45) is 17.8 Å². The summed E-state index contributed by atoms with van der Waals surface area (Å²) in [6.45, 7) is 3.17. The molecule has 0 spiro atoms. The molecule has 120 valence electrons. The predicted octanol–water partition coefficient (Wildman–Crippen LogP) is 3.54. The molecule has 2 fully saturated rings. The fourth-order valence-electron chi connectivity index (χ4n) is 3.47. The van der Waals surface area contributed by atoms with Gasteiger partial charge in [0.2, 0.25) is 0 Å². The monoisotopic (exact) mass is 304 g/mol. The van der Waals surface area contributed by atoms with Crippen LogP contribution in [0.25, 0.3) is 0 Å². The molecule has 3 rings (SSSR count). The summed E-state index contributed by atoms with van der Waals surface area (Å²) in [5.41, 5.74) is 0.987. The number of esters is 1. The zero-order valence-corrected chi connectivity index (χ0v) is 13.1. The third-order valence-electron chi connectivity index (χ3n) is 4.75. The molecule has 2 atom stereocenters. The van der Waals surface area contributed by atoms with Gasteiger partial charge in [0.15, 0.2) is 6.79 Å². The molecule has 0 heterocycles. The Labute approximate surface area is 131 Å². The van der Waals surface area contributed by atoms with Gasteiger partial charge in [0.25, 0.3) is 0 Å². The maximum Gasteiger partial charge on any atom is 0.309 e. The quantitative estimate of drug-likeness (QED) is 0.439. The van der Waals surface area contributed by atoms with Crippen LogP contribution in [0.5, 0.6) is 5.75 Å². The molecule has 2 saturated carbocycles. The number of carbonyl (C=O) groups excluding carboxylic acids is 1. The lowest BCUT2D eigenvalue weighted by Gasteiger charge is -2.08. The van der Waals surface area contributed by atoms with Crippen molar-refractivity contribution in [3.8, 4) is 5.75 Å². The van der Waals surface area contributed by atoms with E-state index in [2.05, 4.69) is 0 Å². The zero-order chi connectivity index (χ0) is 15.4. The van der Waals surface area contributed by atoms with Gasteiger partial charge in [-0.2, -0.15) is 0 Å². The zero-order valence-electron chi connectivity index (χ0n) is 13.1. The van der Waals surface area contributed by atoms with Crippen molar-refractivity contribution >= 4 is 5.97 Å². The van der Waals surface area contributed by atoms with E-state index in [1.54, 1.807) is 0 Å². The van der Waals surface area contributed by atoms with E-state index in [4.69, 9.17) is 14.2 Å². The highest BCUT2D eigenvalue weighted by atomic mass is 16.7. The lowest BCUT2D eigenvalue weighted by atomic mass is 10.0. The van der Waals surface area contributed by atoms with Crippen LogP contribution in [0.2, 0.25) is 0 Å². The van der Waals surface area contributed by atoms with Crippen LogP contribution in [0.15, 0.2) is 24.3 Å². The summed E-state index contributed by atoms with van der Waals surface area (Å²) in [4.78, 5) is 12.1. The number of benzene rings is 1. The van der Waals surface area contributed by atoms with Gasteiger partial charge in [-0.1, -0.05) is 25.0 Å². The van der Waals surface area contributed by atoms with Gasteiger partial charge in [0.1, 0.15) is 12.4 Å². The van der Waals surface area contributed by atoms with Gasteiger partial charge < -0.3 is 14.2 Å². The molecule has 22 heavy (non-hydrogen) atoms. The van der Waals surface area contributed by atoms with E-state index in [1.165, 1.54) is 25.7 Å². The number of fused-ring (bicyclic) bond motifs is 1. The molecule has 4 nitrogen and oxygen atoms in total. The predicted molar refractivity (Wildman–Crippen MR) is 82.3 cm³/mol. The number of ether oxygens (including phenoxy) is 3. The topological polar surface area (TPSA) is 44.8 Å². The molecule has 0 amide bonds. The van der Waals surface area contributed by atoms with Gasteiger partial charge in [0, 0.05) is 6.61 Å². The van der Waals surface area contributed by atoms with Crippen molar-refractivity contribution in [2.45, 2.75) is 39.2 Å². The average molecular weight is 304 g/mol. The van der Waals surface area contributed by atoms with Crippen molar-refractivity contribution in [2.75, 3.05) is 13.4 Å². The third-order valence-corrected chi connectivity index (χ3v) is 4.75. The van der Waals surface area contributed by atoms with Crippen LogP contribution < -0.4 is 4.74 Å². The van der Waals surface area contributed by atoms with E-state index in [0.29, 0.717) is 25.0 Å². The Hall–Kier alpha value is -1.55. The van der Waals surface area contributed by atoms with Crippen molar-refractivity contribution in [1.29, 1.82) is 0 Å². The van der Waals surface area contributed by atoms with Crippen LogP contribution in [-0.2, 0) is 20.9 Å². The Bertz CT molecular complexity index is 484. The van der Waals surface area contributed by atoms with Gasteiger partial charge in [-0.3, -0.25) is 4.79 Å². The minimum Gasteiger partial charge on any atom is -0.468 e. The number of carbonyl (C=O) groups is 1. The molecule has 2 aliphatic carbocycles. The highest BCUT2D eigenvalue weighted by Crippen LogP contribution is 2.55. The minimum absolute atomic E-state index is 0.00595. The van der Waals surface area contributed by atoms with Crippen molar-refractivity contribution in [3.05, 3.63) is 29.8 Å². The molecule has 4 heteroatoms. The molecule has 1 aromatic carbocycles. The second-order valence-corrected chi connectivity index (χ2v) is 6.14. The minimum atomic E-state index is -0.00595. The Morgan fingerprint density at radius 3 is 2.45 bits per heavy atom. The van der Waals surface area contributed by atoms with Crippen LogP contribution in [0, 0.1) is 17.8 Å². The fourth-order valence-corrected chi connectivity index (χ4v) is 3.47. The van der Waals surface area contributed by atoms with Gasteiger partial charge in [0.05, 0.1) is 5.92 Å². The normalized spacial score (nSPS) is 26.1. The van der Waals surface area contributed by atoms with Crippen LogP contribution in [-0.4, -0.2) is 19.4 Å². The Morgan fingerprint density at radius 1 is 1.14 bits per heavy atom. The highest BCUT2D eigenvalue weighted by molar-refractivity contribution is 5.76. The summed E-state index contributed by atoms with van der Waals surface area (Å²) < 4.78 is 16.0. The fraction of sp³-hybridized carbons (Fsp3) is 0.611. The molecular formula is C18H24O4. The molecular weight excluding hydrogens is 280 g/mol. The highest BCUT2D eigenvalue weighted by Gasteiger charge is 2.55. The van der Waals surface area contributed by atoms with E-state index in [1.807, 2.05) is 31.2 Å². The van der Waals surface area contributed by atoms with Gasteiger partial charge in [-0.25, -0.2) is 0 Å². The molecule has 0 bridgehead atoms. The van der Waals surface area contributed by atoms with E-state index < -0.39 is 0 Å². The lowest BCUT2D eigenvalue weighted by Crippen LogP contribution is -2.09. The molecule has 0 aliphatic heterocycles. The van der Waals surface area contributed by atoms with E-state index in [-0.39, 0.29) is 18.7 Å². The number of hydrogen-bond donors (Lipinski definition) is 0. The largest absolute Gasteiger partial charge is 0.468 e. The summed E-state index contributed by atoms with van der Waals surface area (Å²) in [5.74, 6) is 2.15. The second-order valence-electron chi connectivity index (χ2n) is 6.14. The number of hydrogen-bond acceptors (Lipinski definition) is 4. The summed E-state index contributed by atoms with van der Waals surface area (Å²) >= 11 is 0. The van der Waals surface area contributed by atoms with E-state index in [0.717, 1.165) is 11.3 Å². The van der Waals surface area contributed by atoms with Crippen molar-refractivity contribution < 1.29 is 19.0 Å². The van der Waals surface area contributed by atoms with Crippen LogP contribution >= 0.6 is 0 Å². The summed E-state index contributed by atoms with van der Waals surface area (Å²) in [7, 11) is 0. The van der Waals surface area contributed by atoms with Crippen molar-refractivity contribution in [3.63, 3.8) is 0 Å². The van der Waals surface area contributed by atoms with E-state index in [9.17, 15) is 4.79 Å². The smallest absolute Gasteiger partial charge is 0.309 e. The molecule has 1 aromatic rings. The Kier molecular flexibility index (Phi) is 4.98. The lowest BCUT2D eigenvalue weighted by molar-refractivity contribution is -0.147. The van der Waals surface area contributed by atoms with Gasteiger partial charge >= 0.3 is 5.97 Å². The maximum atomic E-state index is 12.1. The summed E-state index contributed by atoms with van der Waals surface area (Å²) in [6, 6.07) is 7.60. The molecule has 0 aromatic heterocycles. The molecule has 0 saturated heterocycles. The first-order valence-corrected chi connectivity index (χ1v) is 8.25. The molecule has 0 N–H and O–H groups in total. The Balaban J connectivity index is 1.42. The second kappa shape index (κ2) is 7.14. The van der Waals surface area contributed by atoms with Crippen molar-refractivity contribution in [1.82, 2.24) is 0 Å². The number of rotatable bonds is 7. The summed E-state index contributed by atoms with van der Waals surface area (Å²) in [5, 5.41) is 0. The summed E-state index contributed by atoms with van der Waals surface area (Å²) in [6.07, 6.45) is 4.95. The third kappa shape index (κ3) is 3.61. The first kappa shape index (κ1) is 15.3. The maximum absolute atomic E-state index is 12.1. The van der Waals surface area contributed by atoms with Crippen LogP contribution in [0.1, 0.15) is 38.2 Å². The van der Waals surface area contributed by atoms with Gasteiger partial charge in [-0.15, -0.1) is 0 Å². The first-order chi connectivity index (χ1) is 10.8. The molecule has 2 aliphatic rings. The molecule has 0 radical (unpaired) electrons. The molecule has 2 unspecified atom stereocenters. The van der Waals surface area contributed by atoms with E-state index >= 15 is 0 Å². The first-order valence-electron chi connectivity index (χ1n) is 8.25. The van der Waals surface area contributed by atoms with Gasteiger partial charge in [-0.05, 0) is 49.3 Å². The SMILES string of the molecule is CCOCOc1ccc(COC(=O)C2C3CCCCC32)cc1.